The van der Waals surface area contributed by atoms with Crippen molar-refractivity contribution in [3.05, 3.63) is 76.3 Å². The number of rotatable bonds is 9. The average Bonchev–Trinajstić information content (AvgIpc) is 2.92. The van der Waals surface area contributed by atoms with Gasteiger partial charge in [-0.05, 0) is 61.2 Å². The lowest BCUT2D eigenvalue weighted by molar-refractivity contribution is -0.141. The first-order chi connectivity index (χ1) is 19.8. The molecule has 226 valence electrons. The molecule has 2 aromatic heterocycles. The van der Waals surface area contributed by atoms with Crippen molar-refractivity contribution in [1.29, 1.82) is 0 Å². The van der Waals surface area contributed by atoms with Crippen LogP contribution in [0, 0.1) is 5.82 Å². The summed E-state index contributed by atoms with van der Waals surface area (Å²) in [6.07, 6.45) is -2.89. The van der Waals surface area contributed by atoms with Crippen molar-refractivity contribution in [3.63, 3.8) is 0 Å². The van der Waals surface area contributed by atoms with Gasteiger partial charge in [0.2, 0.25) is 16.8 Å². The van der Waals surface area contributed by atoms with Crippen molar-refractivity contribution in [3.8, 4) is 0 Å². The van der Waals surface area contributed by atoms with E-state index in [4.69, 9.17) is 17.3 Å². The van der Waals surface area contributed by atoms with Crippen LogP contribution in [0.25, 0.3) is 0 Å². The number of primary amides is 1. The van der Waals surface area contributed by atoms with Crippen molar-refractivity contribution < 1.29 is 30.8 Å². The molecule has 3 aromatic rings. The van der Waals surface area contributed by atoms with E-state index < -0.39 is 40.4 Å². The first-order valence-electron chi connectivity index (χ1n) is 12.9. The number of aromatic nitrogens is 2. The molecule has 1 amide bonds. The lowest BCUT2D eigenvalue weighted by Gasteiger charge is -2.42. The molecule has 9 nitrogen and oxygen atoms in total. The number of hydrogen-bond acceptors (Lipinski definition) is 7. The van der Waals surface area contributed by atoms with Crippen LogP contribution in [-0.2, 0) is 28.3 Å². The molecule has 15 heteroatoms. The summed E-state index contributed by atoms with van der Waals surface area (Å²) in [5, 5.41) is 0.464. The Labute approximate surface area is 247 Å². The summed E-state index contributed by atoms with van der Waals surface area (Å²) in [5.74, 6) is -1.90. The largest absolute Gasteiger partial charge is 0.433 e. The van der Waals surface area contributed by atoms with E-state index in [1.165, 1.54) is 25.2 Å². The number of benzene rings is 1. The molecule has 42 heavy (non-hydrogen) atoms. The average molecular weight is 629 g/mol. The molecule has 3 heterocycles. The molecular weight excluding hydrogens is 600 g/mol. The Balaban J connectivity index is 1.61. The van der Waals surface area contributed by atoms with Crippen LogP contribution in [0.5, 0.6) is 0 Å². The van der Waals surface area contributed by atoms with Crippen LogP contribution in [0.1, 0.15) is 36.1 Å². The lowest BCUT2D eigenvalue weighted by atomic mass is 9.91. The number of piperazine rings is 1. The molecule has 1 aliphatic heterocycles. The third kappa shape index (κ3) is 6.86. The summed E-state index contributed by atoms with van der Waals surface area (Å²) in [5.41, 5.74) is 5.06. The standard InChI is InChI=1S/C27H29ClF4N6O3S/c1-16-15-37(26-20(28)4-3-11-34-26)12-13-38(16)25-17(7-10-23(35-25)27(30,31)32)5-8-19(24(33)39)18-6-9-22(21(29)14-18)36(2)42(40)41/h3-4,6-7,9-11,14,16,19,42H,5,8,12-13,15H2,1-2H3,(H2,33,39). The minimum Gasteiger partial charge on any atom is -0.369 e. The van der Waals surface area contributed by atoms with Gasteiger partial charge in [0, 0.05) is 38.9 Å². The maximum absolute atomic E-state index is 14.7. The number of aryl methyl sites for hydroxylation is 1. The minimum atomic E-state index is -4.67. The van der Waals surface area contributed by atoms with Crippen LogP contribution in [0.15, 0.2) is 48.7 Å². The van der Waals surface area contributed by atoms with Crippen molar-refractivity contribution in [2.24, 2.45) is 5.73 Å². The number of hydrogen-bond donors (Lipinski definition) is 2. The number of thiol groups is 1. The van der Waals surface area contributed by atoms with Crippen molar-refractivity contribution in [1.82, 2.24) is 9.97 Å². The third-order valence-electron chi connectivity index (χ3n) is 7.20. The van der Waals surface area contributed by atoms with Crippen molar-refractivity contribution in [2.45, 2.75) is 37.9 Å². The molecule has 4 rings (SSSR count). The predicted octanol–water partition coefficient (Wildman–Crippen LogP) is 4.17. The van der Waals surface area contributed by atoms with E-state index in [1.807, 2.05) is 11.8 Å². The van der Waals surface area contributed by atoms with Crippen molar-refractivity contribution in [2.75, 3.05) is 40.8 Å². The molecule has 1 saturated heterocycles. The van der Waals surface area contributed by atoms with Crippen LogP contribution < -0.4 is 19.8 Å². The Hall–Kier alpha value is -3.65. The summed E-state index contributed by atoms with van der Waals surface area (Å²) < 4.78 is 78.9. The molecule has 1 fully saturated rings. The van der Waals surface area contributed by atoms with Gasteiger partial charge in [0.05, 0.1) is 16.6 Å². The van der Waals surface area contributed by atoms with Crippen LogP contribution in [0.2, 0.25) is 5.02 Å². The zero-order valence-electron chi connectivity index (χ0n) is 22.7. The van der Waals surface area contributed by atoms with Gasteiger partial charge in [0.25, 0.3) is 0 Å². The van der Waals surface area contributed by atoms with Crippen LogP contribution >= 0.6 is 11.6 Å². The van der Waals surface area contributed by atoms with E-state index in [0.29, 0.717) is 36.0 Å². The molecule has 2 atom stereocenters. The highest BCUT2D eigenvalue weighted by Crippen LogP contribution is 2.35. The number of amides is 1. The fourth-order valence-corrected chi connectivity index (χ4v) is 5.60. The van der Waals surface area contributed by atoms with E-state index >= 15 is 0 Å². The van der Waals surface area contributed by atoms with E-state index in [2.05, 4.69) is 9.97 Å². The number of nitrogens with two attached hydrogens (primary N) is 1. The predicted molar refractivity (Wildman–Crippen MR) is 153 cm³/mol. The van der Waals surface area contributed by atoms with Gasteiger partial charge in [-0.25, -0.2) is 22.8 Å². The molecular formula is C27H29ClF4N6O3S. The number of alkyl halides is 3. The number of anilines is 3. The summed E-state index contributed by atoms with van der Waals surface area (Å²) in [6.45, 7) is 3.04. The van der Waals surface area contributed by atoms with E-state index in [-0.39, 0.29) is 36.0 Å². The minimum absolute atomic E-state index is 0.0533. The molecule has 1 aliphatic rings. The number of halogens is 5. The first kappa shape index (κ1) is 31.3. The summed E-state index contributed by atoms with van der Waals surface area (Å²) >= 11 is 6.30. The Morgan fingerprint density at radius 3 is 2.52 bits per heavy atom. The molecule has 1 aromatic carbocycles. The van der Waals surface area contributed by atoms with Crippen LogP contribution in [0.3, 0.4) is 0 Å². The lowest BCUT2D eigenvalue weighted by Crippen LogP contribution is -2.53. The van der Waals surface area contributed by atoms with Crippen molar-refractivity contribution >= 4 is 45.7 Å². The quantitative estimate of drug-likeness (QED) is 0.270. The molecule has 2 N–H and O–H groups in total. The maximum atomic E-state index is 14.7. The topological polar surface area (TPSA) is 113 Å². The Kier molecular flexibility index (Phi) is 9.46. The third-order valence-corrected chi connectivity index (χ3v) is 8.20. The van der Waals surface area contributed by atoms with Gasteiger partial charge in [-0.1, -0.05) is 23.7 Å². The summed E-state index contributed by atoms with van der Waals surface area (Å²) in [4.78, 5) is 24.4. The van der Waals surface area contributed by atoms with Gasteiger partial charge in [0.1, 0.15) is 23.1 Å². The SMILES string of the molecule is CC1CN(c2ncccc2Cl)CCN1c1nc(C(F)(F)F)ccc1CCC(C(N)=O)c1ccc(N(C)[SH](=O)=O)c(F)c1. The fraction of sp³-hybridized carbons (Fsp3) is 0.370. The number of pyridine rings is 2. The Morgan fingerprint density at radius 2 is 1.93 bits per heavy atom. The van der Waals surface area contributed by atoms with E-state index in [0.717, 1.165) is 16.4 Å². The van der Waals surface area contributed by atoms with Crippen LogP contribution in [-0.4, -0.2) is 57.0 Å². The second-order valence-electron chi connectivity index (χ2n) is 9.94. The fourth-order valence-electron chi connectivity index (χ4n) is 5.02. The second-order valence-corrected chi connectivity index (χ2v) is 11.4. The molecule has 0 aliphatic carbocycles. The zero-order valence-corrected chi connectivity index (χ0v) is 24.3. The van der Waals surface area contributed by atoms with Gasteiger partial charge in [-0.15, -0.1) is 0 Å². The number of nitrogens with zero attached hydrogens (tertiary/aromatic N) is 5. The Morgan fingerprint density at radius 1 is 1.19 bits per heavy atom. The Bertz CT molecular complexity index is 1530. The van der Waals surface area contributed by atoms with Gasteiger partial charge >= 0.3 is 6.18 Å². The van der Waals surface area contributed by atoms with E-state index in [1.54, 1.807) is 23.2 Å². The molecule has 2 unspecified atom stereocenters. The first-order valence-corrected chi connectivity index (χ1v) is 14.4. The molecule has 0 spiro atoms. The smallest absolute Gasteiger partial charge is 0.369 e. The van der Waals surface area contributed by atoms with Gasteiger partial charge in [-0.2, -0.15) is 13.2 Å². The van der Waals surface area contributed by atoms with E-state index in [9.17, 15) is 30.8 Å². The second kappa shape index (κ2) is 12.7. The highest BCUT2D eigenvalue weighted by Gasteiger charge is 2.35. The highest BCUT2D eigenvalue weighted by molar-refractivity contribution is 7.74. The summed E-state index contributed by atoms with van der Waals surface area (Å²) in [6, 6.07) is 9.04. The van der Waals surface area contributed by atoms with Crippen LogP contribution in [0.4, 0.5) is 34.9 Å². The molecule has 0 radical (unpaired) electrons. The molecule has 0 bridgehead atoms. The maximum Gasteiger partial charge on any atom is 0.433 e. The summed E-state index contributed by atoms with van der Waals surface area (Å²) in [7, 11) is -1.89. The van der Waals surface area contributed by atoms with Gasteiger partial charge in [-0.3, -0.25) is 9.10 Å². The van der Waals surface area contributed by atoms with Gasteiger partial charge < -0.3 is 15.5 Å². The highest BCUT2D eigenvalue weighted by atomic mass is 35.5. The number of carbonyl (C=O) groups excluding carboxylic acids is 1. The number of carbonyl (C=O) groups is 1. The zero-order chi connectivity index (χ0) is 30.8. The van der Waals surface area contributed by atoms with Gasteiger partial charge in [0.15, 0.2) is 0 Å². The monoisotopic (exact) mass is 628 g/mol. The normalized spacial score (nSPS) is 16.5. The molecule has 0 saturated carbocycles.